The van der Waals surface area contributed by atoms with E-state index >= 15 is 0 Å². The fraction of sp³-hybridized carbons (Fsp3) is 0.500. The lowest BCUT2D eigenvalue weighted by molar-refractivity contribution is -0.121. The zero-order valence-electron chi connectivity index (χ0n) is 16.3. The third-order valence-corrected chi connectivity index (χ3v) is 5.64. The fourth-order valence-corrected chi connectivity index (χ4v) is 3.84. The lowest BCUT2D eigenvalue weighted by Gasteiger charge is -2.37. The number of anilines is 1. The van der Waals surface area contributed by atoms with Crippen molar-refractivity contribution in [3.63, 3.8) is 0 Å². The smallest absolute Gasteiger partial charge is 0.241 e. The van der Waals surface area contributed by atoms with E-state index in [0.717, 1.165) is 54.9 Å². The number of aryl methyl sites for hydroxylation is 1. The zero-order chi connectivity index (χ0) is 19.2. The molecule has 0 saturated carbocycles. The maximum absolute atomic E-state index is 12.6. The molecule has 0 unspecified atom stereocenters. The number of thiazole rings is 1. The third-order valence-electron chi connectivity index (χ3n) is 4.82. The Kier molecular flexibility index (Phi) is 6.82. The number of carbonyl (C=O) groups is 1. The van der Waals surface area contributed by atoms with Crippen molar-refractivity contribution in [2.75, 3.05) is 38.1 Å². The Labute approximate surface area is 165 Å². The number of piperazine rings is 1. The summed E-state index contributed by atoms with van der Waals surface area (Å²) in [4.78, 5) is 21.8. The molecule has 146 valence electrons. The highest BCUT2D eigenvalue weighted by Gasteiger charge is 2.25. The van der Waals surface area contributed by atoms with E-state index in [2.05, 4.69) is 25.5 Å². The van der Waals surface area contributed by atoms with Crippen LogP contribution in [0.5, 0.6) is 5.75 Å². The van der Waals surface area contributed by atoms with Gasteiger partial charge in [0.05, 0.1) is 23.4 Å². The van der Waals surface area contributed by atoms with Gasteiger partial charge in [-0.15, -0.1) is 11.3 Å². The minimum Gasteiger partial charge on any atom is -0.494 e. The highest BCUT2D eigenvalue weighted by molar-refractivity contribution is 7.09. The van der Waals surface area contributed by atoms with Gasteiger partial charge in [-0.1, -0.05) is 0 Å². The molecule has 1 aromatic carbocycles. The number of ether oxygens (including phenoxy) is 1. The monoisotopic (exact) mass is 388 g/mol. The second kappa shape index (κ2) is 9.30. The Hall–Kier alpha value is -1.96. The van der Waals surface area contributed by atoms with Crippen LogP contribution in [0.15, 0.2) is 29.6 Å². The van der Waals surface area contributed by atoms with Crippen LogP contribution >= 0.6 is 11.3 Å². The van der Waals surface area contributed by atoms with Gasteiger partial charge in [-0.2, -0.15) is 0 Å². The standard InChI is InChI=1S/C20H28N4O2S/c1-4-26-19-7-5-17(6-8-19)22-20(25)15(2)24-11-9-23(10-12-24)13-18-14-27-16(3)21-18/h5-8,14-15H,4,9-13H2,1-3H3,(H,22,25)/t15-/m0/s1. The second-order valence-corrected chi connectivity index (χ2v) is 7.85. The number of benzene rings is 1. The summed E-state index contributed by atoms with van der Waals surface area (Å²) >= 11 is 1.70. The first-order valence-electron chi connectivity index (χ1n) is 9.46. The van der Waals surface area contributed by atoms with Crippen LogP contribution in [-0.4, -0.2) is 59.5 Å². The number of rotatable bonds is 7. The molecule has 1 aromatic heterocycles. The number of nitrogens with one attached hydrogen (secondary N) is 1. The minimum absolute atomic E-state index is 0.0303. The average Bonchev–Trinajstić information content (AvgIpc) is 3.08. The third kappa shape index (κ3) is 5.51. The number of carbonyl (C=O) groups excluding carboxylic acids is 1. The summed E-state index contributed by atoms with van der Waals surface area (Å²) < 4.78 is 5.43. The SMILES string of the molecule is CCOc1ccc(NC(=O)[C@H](C)N2CCN(Cc3csc(C)n3)CC2)cc1. The molecule has 27 heavy (non-hydrogen) atoms. The first-order valence-corrected chi connectivity index (χ1v) is 10.3. The molecular formula is C20H28N4O2S. The van der Waals surface area contributed by atoms with E-state index < -0.39 is 0 Å². The van der Waals surface area contributed by atoms with Crippen molar-refractivity contribution in [3.05, 3.63) is 40.3 Å². The van der Waals surface area contributed by atoms with E-state index in [4.69, 9.17) is 4.74 Å². The molecule has 7 heteroatoms. The van der Waals surface area contributed by atoms with Gasteiger partial charge < -0.3 is 10.1 Å². The van der Waals surface area contributed by atoms with Crippen molar-refractivity contribution < 1.29 is 9.53 Å². The number of nitrogens with zero attached hydrogens (tertiary/aromatic N) is 3. The number of aromatic nitrogens is 1. The molecule has 0 aliphatic carbocycles. The molecule has 2 heterocycles. The summed E-state index contributed by atoms with van der Waals surface area (Å²) in [5, 5.41) is 6.25. The minimum atomic E-state index is -0.153. The summed E-state index contributed by atoms with van der Waals surface area (Å²) in [5.74, 6) is 0.845. The number of hydrogen-bond acceptors (Lipinski definition) is 6. The first kappa shape index (κ1) is 19.8. The van der Waals surface area contributed by atoms with Gasteiger partial charge in [0, 0.05) is 43.8 Å². The van der Waals surface area contributed by atoms with Crippen molar-refractivity contribution >= 4 is 22.9 Å². The van der Waals surface area contributed by atoms with Crippen LogP contribution in [0.4, 0.5) is 5.69 Å². The molecule has 3 rings (SSSR count). The largest absolute Gasteiger partial charge is 0.494 e. The Bertz CT molecular complexity index is 739. The molecule has 1 aliphatic heterocycles. The summed E-state index contributed by atoms with van der Waals surface area (Å²) in [7, 11) is 0. The van der Waals surface area contributed by atoms with E-state index in [0.29, 0.717) is 6.61 Å². The van der Waals surface area contributed by atoms with Crippen LogP contribution in [-0.2, 0) is 11.3 Å². The summed E-state index contributed by atoms with van der Waals surface area (Å²) in [5.41, 5.74) is 1.94. The Morgan fingerprint density at radius 2 is 1.96 bits per heavy atom. The van der Waals surface area contributed by atoms with Crippen LogP contribution in [0.3, 0.4) is 0 Å². The molecule has 0 spiro atoms. The summed E-state index contributed by atoms with van der Waals surface area (Å²) in [6.45, 7) is 11.2. The lowest BCUT2D eigenvalue weighted by atomic mass is 10.2. The van der Waals surface area contributed by atoms with Gasteiger partial charge in [0.25, 0.3) is 0 Å². The van der Waals surface area contributed by atoms with Crippen molar-refractivity contribution in [2.24, 2.45) is 0 Å². The highest BCUT2D eigenvalue weighted by atomic mass is 32.1. The van der Waals surface area contributed by atoms with Gasteiger partial charge in [0.15, 0.2) is 0 Å². The highest BCUT2D eigenvalue weighted by Crippen LogP contribution is 2.17. The van der Waals surface area contributed by atoms with Gasteiger partial charge in [0.1, 0.15) is 5.75 Å². The van der Waals surface area contributed by atoms with Crippen molar-refractivity contribution in [2.45, 2.75) is 33.4 Å². The van der Waals surface area contributed by atoms with E-state index in [9.17, 15) is 4.79 Å². The van der Waals surface area contributed by atoms with E-state index in [-0.39, 0.29) is 11.9 Å². The summed E-state index contributed by atoms with van der Waals surface area (Å²) in [6.07, 6.45) is 0. The molecule has 6 nitrogen and oxygen atoms in total. The predicted octanol–water partition coefficient (Wildman–Crippen LogP) is 3.00. The normalized spacial score (nSPS) is 16.9. The topological polar surface area (TPSA) is 57.7 Å². The Morgan fingerprint density at radius 1 is 1.26 bits per heavy atom. The van der Waals surface area contributed by atoms with Crippen LogP contribution in [0, 0.1) is 6.92 Å². The second-order valence-electron chi connectivity index (χ2n) is 6.79. The van der Waals surface area contributed by atoms with Crippen molar-refractivity contribution in [1.29, 1.82) is 0 Å². The number of hydrogen-bond donors (Lipinski definition) is 1. The van der Waals surface area contributed by atoms with Crippen molar-refractivity contribution in [3.8, 4) is 5.75 Å². The average molecular weight is 389 g/mol. The van der Waals surface area contributed by atoms with Crippen LogP contribution in [0.25, 0.3) is 0 Å². The fourth-order valence-electron chi connectivity index (χ4n) is 3.23. The predicted molar refractivity (Wildman–Crippen MR) is 109 cm³/mol. The molecule has 1 N–H and O–H groups in total. The molecule has 1 fully saturated rings. The van der Waals surface area contributed by atoms with Gasteiger partial charge >= 0.3 is 0 Å². The molecule has 1 aliphatic rings. The van der Waals surface area contributed by atoms with E-state index in [1.165, 1.54) is 0 Å². The quantitative estimate of drug-likeness (QED) is 0.790. The van der Waals surface area contributed by atoms with E-state index in [1.54, 1.807) is 11.3 Å². The molecule has 0 radical (unpaired) electrons. The van der Waals surface area contributed by atoms with Crippen LogP contribution < -0.4 is 10.1 Å². The maximum Gasteiger partial charge on any atom is 0.241 e. The number of amides is 1. The van der Waals surface area contributed by atoms with Crippen LogP contribution in [0.1, 0.15) is 24.5 Å². The van der Waals surface area contributed by atoms with Crippen LogP contribution in [0.2, 0.25) is 0 Å². The van der Waals surface area contributed by atoms with Gasteiger partial charge in [-0.3, -0.25) is 14.6 Å². The zero-order valence-corrected chi connectivity index (χ0v) is 17.1. The molecule has 2 aromatic rings. The van der Waals surface area contributed by atoms with Gasteiger partial charge in [0.2, 0.25) is 5.91 Å². The Morgan fingerprint density at radius 3 is 2.56 bits per heavy atom. The van der Waals surface area contributed by atoms with E-state index in [1.807, 2.05) is 45.0 Å². The summed E-state index contributed by atoms with van der Waals surface area (Å²) in [6, 6.07) is 7.36. The first-order chi connectivity index (χ1) is 13.0. The van der Waals surface area contributed by atoms with Gasteiger partial charge in [-0.05, 0) is 45.0 Å². The molecule has 1 saturated heterocycles. The van der Waals surface area contributed by atoms with Crippen molar-refractivity contribution in [1.82, 2.24) is 14.8 Å². The molecule has 1 amide bonds. The lowest BCUT2D eigenvalue weighted by Crippen LogP contribution is -2.52. The molecule has 0 bridgehead atoms. The Balaban J connectivity index is 1.46. The van der Waals surface area contributed by atoms with Gasteiger partial charge in [-0.25, -0.2) is 4.98 Å². The molecular weight excluding hydrogens is 360 g/mol. The molecule has 1 atom stereocenters. The maximum atomic E-state index is 12.6.